The molecule has 2 N–H and O–H groups in total. The van der Waals surface area contributed by atoms with Crippen LogP contribution in [0, 0.1) is 5.92 Å². The number of carbonyl (C=O) groups excluding carboxylic acids is 2. The molecule has 0 aromatic heterocycles. The molecular weight excluding hydrogens is 375 g/mol. The molecule has 9 heteroatoms. The number of halogens is 3. The minimum absolute atomic E-state index is 0.0227. The van der Waals surface area contributed by atoms with E-state index in [0.717, 1.165) is 44.5 Å². The van der Waals surface area contributed by atoms with Crippen molar-refractivity contribution in [1.29, 1.82) is 0 Å². The number of alkyl halides is 3. The van der Waals surface area contributed by atoms with E-state index in [1.807, 2.05) is 6.92 Å². The number of nitrogens with zero attached hydrogens (tertiary/aromatic N) is 1. The van der Waals surface area contributed by atoms with Gasteiger partial charge in [-0.1, -0.05) is 13.0 Å². The second kappa shape index (κ2) is 10.3. The number of hydrogen-bond donors (Lipinski definition) is 2. The highest BCUT2D eigenvalue weighted by Crippen LogP contribution is 2.23. The number of amides is 2. The van der Waals surface area contributed by atoms with Gasteiger partial charge in [0.2, 0.25) is 5.91 Å². The number of likely N-dealkylation sites (tertiary alicyclic amines) is 1. The standard InChI is InChI=1S/C19H26F3N3O3/c1-2-8-23-17(26)13-25-9-6-14(7-10-25)12-24-18(27)15-4-3-5-16(11-15)28-19(20,21)22/h3-5,11,14H,2,6-10,12-13H2,1H3,(H,23,26)(H,24,27). The van der Waals surface area contributed by atoms with Crippen molar-refractivity contribution in [3.63, 3.8) is 0 Å². The quantitative estimate of drug-likeness (QED) is 0.703. The summed E-state index contributed by atoms with van der Waals surface area (Å²) in [6.45, 7) is 5.05. The summed E-state index contributed by atoms with van der Waals surface area (Å²) in [6.07, 6.45) is -2.20. The van der Waals surface area contributed by atoms with Gasteiger partial charge in [0.25, 0.3) is 5.91 Å². The van der Waals surface area contributed by atoms with Gasteiger partial charge in [0.1, 0.15) is 5.75 Å². The molecule has 1 heterocycles. The number of carbonyl (C=O) groups is 2. The molecule has 28 heavy (non-hydrogen) atoms. The molecule has 0 aliphatic carbocycles. The summed E-state index contributed by atoms with van der Waals surface area (Å²) < 4.78 is 40.7. The highest BCUT2D eigenvalue weighted by atomic mass is 19.4. The zero-order valence-electron chi connectivity index (χ0n) is 15.8. The van der Waals surface area contributed by atoms with E-state index in [1.54, 1.807) is 0 Å². The molecule has 6 nitrogen and oxygen atoms in total. The lowest BCUT2D eigenvalue weighted by Gasteiger charge is -2.31. The molecule has 1 aromatic carbocycles. The Bertz CT molecular complexity index is 659. The number of ether oxygens (including phenoxy) is 1. The molecule has 0 spiro atoms. The number of piperidine rings is 1. The van der Waals surface area contributed by atoms with E-state index >= 15 is 0 Å². The molecule has 156 valence electrons. The predicted octanol–water partition coefficient (Wildman–Crippen LogP) is 2.55. The smallest absolute Gasteiger partial charge is 0.406 e. The molecule has 0 radical (unpaired) electrons. The monoisotopic (exact) mass is 401 g/mol. The number of rotatable bonds is 8. The van der Waals surface area contributed by atoms with Crippen LogP contribution < -0.4 is 15.4 Å². The highest BCUT2D eigenvalue weighted by Gasteiger charge is 2.31. The Morgan fingerprint density at radius 1 is 1.21 bits per heavy atom. The topological polar surface area (TPSA) is 70.7 Å². The predicted molar refractivity (Wildman–Crippen MR) is 97.9 cm³/mol. The van der Waals surface area contributed by atoms with Crippen LogP contribution in [0.4, 0.5) is 13.2 Å². The van der Waals surface area contributed by atoms with Gasteiger partial charge >= 0.3 is 6.36 Å². The van der Waals surface area contributed by atoms with Gasteiger partial charge < -0.3 is 15.4 Å². The first kappa shape index (κ1) is 22.0. The van der Waals surface area contributed by atoms with Crippen LogP contribution in [-0.2, 0) is 4.79 Å². The third-order valence-electron chi connectivity index (χ3n) is 4.53. The first-order valence-corrected chi connectivity index (χ1v) is 9.40. The number of hydrogen-bond acceptors (Lipinski definition) is 4. The summed E-state index contributed by atoms with van der Waals surface area (Å²) >= 11 is 0. The fraction of sp³-hybridized carbons (Fsp3) is 0.579. The van der Waals surface area contributed by atoms with E-state index in [-0.39, 0.29) is 17.4 Å². The van der Waals surface area contributed by atoms with Crippen LogP contribution in [0.15, 0.2) is 24.3 Å². The Morgan fingerprint density at radius 2 is 1.93 bits per heavy atom. The van der Waals surface area contributed by atoms with Gasteiger partial charge in [-0.2, -0.15) is 0 Å². The Kier molecular flexibility index (Phi) is 8.10. The first-order chi connectivity index (χ1) is 13.3. The minimum atomic E-state index is -4.80. The van der Waals surface area contributed by atoms with Gasteiger partial charge in [0, 0.05) is 18.7 Å². The molecule has 1 saturated heterocycles. The third kappa shape index (κ3) is 7.75. The van der Waals surface area contributed by atoms with Gasteiger partial charge in [-0.25, -0.2) is 0 Å². The van der Waals surface area contributed by atoms with E-state index in [2.05, 4.69) is 20.3 Å². The number of nitrogens with one attached hydrogen (secondary N) is 2. The maximum absolute atomic E-state index is 12.3. The second-order valence-electron chi connectivity index (χ2n) is 6.86. The van der Waals surface area contributed by atoms with Gasteiger partial charge in [0.05, 0.1) is 6.54 Å². The fourth-order valence-electron chi connectivity index (χ4n) is 3.05. The molecule has 1 aliphatic heterocycles. The lowest BCUT2D eigenvalue weighted by atomic mass is 9.96. The van der Waals surface area contributed by atoms with Crippen molar-refractivity contribution in [2.75, 3.05) is 32.7 Å². The second-order valence-corrected chi connectivity index (χ2v) is 6.86. The van der Waals surface area contributed by atoms with Crippen LogP contribution in [0.2, 0.25) is 0 Å². The van der Waals surface area contributed by atoms with Crippen LogP contribution in [0.1, 0.15) is 36.5 Å². The van der Waals surface area contributed by atoms with Crippen LogP contribution in [0.5, 0.6) is 5.75 Å². The normalized spacial score (nSPS) is 15.9. The van der Waals surface area contributed by atoms with Crippen LogP contribution in [0.25, 0.3) is 0 Å². The van der Waals surface area contributed by atoms with Crippen molar-refractivity contribution in [1.82, 2.24) is 15.5 Å². The average molecular weight is 401 g/mol. The van der Waals surface area contributed by atoms with E-state index in [9.17, 15) is 22.8 Å². The summed E-state index contributed by atoms with van der Waals surface area (Å²) in [6, 6.07) is 5.01. The van der Waals surface area contributed by atoms with Crippen LogP contribution >= 0.6 is 0 Å². The molecule has 2 rings (SSSR count). The van der Waals surface area contributed by atoms with Gasteiger partial charge in [-0.3, -0.25) is 14.5 Å². The van der Waals surface area contributed by atoms with Crippen molar-refractivity contribution in [2.24, 2.45) is 5.92 Å². The lowest BCUT2D eigenvalue weighted by Crippen LogP contribution is -2.43. The van der Waals surface area contributed by atoms with Gasteiger partial charge in [-0.15, -0.1) is 13.2 Å². The largest absolute Gasteiger partial charge is 0.573 e. The summed E-state index contributed by atoms with van der Waals surface area (Å²) in [5, 5.41) is 5.62. The summed E-state index contributed by atoms with van der Waals surface area (Å²) in [5.74, 6) is -0.563. The van der Waals surface area contributed by atoms with E-state index < -0.39 is 18.0 Å². The maximum atomic E-state index is 12.3. The van der Waals surface area contributed by atoms with Crippen molar-refractivity contribution >= 4 is 11.8 Å². The van der Waals surface area contributed by atoms with Gasteiger partial charge in [-0.05, 0) is 56.5 Å². The highest BCUT2D eigenvalue weighted by molar-refractivity contribution is 5.94. The average Bonchev–Trinajstić information content (AvgIpc) is 2.64. The van der Waals surface area contributed by atoms with Crippen molar-refractivity contribution in [3.8, 4) is 5.75 Å². The maximum Gasteiger partial charge on any atom is 0.573 e. The van der Waals surface area contributed by atoms with E-state index in [1.165, 1.54) is 12.1 Å². The van der Waals surface area contributed by atoms with Crippen molar-refractivity contribution in [3.05, 3.63) is 29.8 Å². The Balaban J connectivity index is 1.74. The Morgan fingerprint density at radius 3 is 2.57 bits per heavy atom. The zero-order valence-corrected chi connectivity index (χ0v) is 15.8. The SMILES string of the molecule is CCCNC(=O)CN1CCC(CNC(=O)c2cccc(OC(F)(F)F)c2)CC1. The van der Waals surface area contributed by atoms with E-state index in [0.29, 0.717) is 19.6 Å². The zero-order chi connectivity index (χ0) is 20.6. The molecule has 1 aliphatic rings. The van der Waals surface area contributed by atoms with Crippen LogP contribution in [0.3, 0.4) is 0 Å². The Labute approximate surface area is 162 Å². The summed E-state index contributed by atoms with van der Waals surface area (Å²) in [4.78, 5) is 26.0. The molecule has 0 unspecified atom stereocenters. The molecule has 2 amide bonds. The number of benzene rings is 1. The molecule has 0 saturated carbocycles. The fourth-order valence-corrected chi connectivity index (χ4v) is 3.05. The summed E-state index contributed by atoms with van der Waals surface area (Å²) in [7, 11) is 0. The molecule has 0 atom stereocenters. The van der Waals surface area contributed by atoms with E-state index in [4.69, 9.17) is 0 Å². The minimum Gasteiger partial charge on any atom is -0.406 e. The first-order valence-electron chi connectivity index (χ1n) is 9.40. The summed E-state index contributed by atoms with van der Waals surface area (Å²) in [5.41, 5.74) is 0.117. The molecule has 1 fully saturated rings. The molecule has 1 aromatic rings. The van der Waals surface area contributed by atoms with Crippen LogP contribution in [-0.4, -0.2) is 55.8 Å². The van der Waals surface area contributed by atoms with Crippen molar-refractivity contribution < 1.29 is 27.5 Å². The molecule has 0 bridgehead atoms. The van der Waals surface area contributed by atoms with Gasteiger partial charge in [0.15, 0.2) is 0 Å². The molecular formula is C19H26F3N3O3. The third-order valence-corrected chi connectivity index (χ3v) is 4.53. The van der Waals surface area contributed by atoms with Crippen molar-refractivity contribution in [2.45, 2.75) is 32.5 Å². The Hall–Kier alpha value is -2.29. The lowest BCUT2D eigenvalue weighted by molar-refractivity contribution is -0.274.